The Morgan fingerprint density at radius 2 is 2.30 bits per heavy atom. The van der Waals surface area contributed by atoms with E-state index < -0.39 is 0 Å². The number of piperazine rings is 1. The summed E-state index contributed by atoms with van der Waals surface area (Å²) in [6, 6.07) is 5.87. The summed E-state index contributed by atoms with van der Waals surface area (Å²) in [5.74, 6) is 0.786. The molecular formula is C17H30N2S. The molecule has 20 heavy (non-hydrogen) atoms. The van der Waals surface area contributed by atoms with Gasteiger partial charge in [-0.05, 0) is 36.6 Å². The summed E-state index contributed by atoms with van der Waals surface area (Å²) in [5, 5.41) is 5.96. The molecule has 2 unspecified atom stereocenters. The molecular weight excluding hydrogens is 264 g/mol. The van der Waals surface area contributed by atoms with Crippen molar-refractivity contribution < 1.29 is 0 Å². The Morgan fingerprint density at radius 1 is 1.45 bits per heavy atom. The fourth-order valence-corrected chi connectivity index (χ4v) is 3.95. The summed E-state index contributed by atoms with van der Waals surface area (Å²) >= 11 is 1.90. The van der Waals surface area contributed by atoms with Gasteiger partial charge in [0.25, 0.3) is 0 Å². The monoisotopic (exact) mass is 294 g/mol. The number of hydrogen-bond donors (Lipinski definition) is 1. The minimum absolute atomic E-state index is 0.687. The fourth-order valence-electron chi connectivity index (χ4n) is 3.26. The second-order valence-corrected chi connectivity index (χ2v) is 7.53. The highest BCUT2D eigenvalue weighted by atomic mass is 32.1. The van der Waals surface area contributed by atoms with Crippen molar-refractivity contribution in [2.45, 2.75) is 58.5 Å². The summed E-state index contributed by atoms with van der Waals surface area (Å²) in [4.78, 5) is 4.27. The van der Waals surface area contributed by atoms with Crippen LogP contribution in [0.4, 0.5) is 0 Å². The van der Waals surface area contributed by atoms with Crippen molar-refractivity contribution in [1.82, 2.24) is 10.2 Å². The SMILES string of the molecule is CCCC1CNC(CC(C)C)CN1CCc1cccs1. The summed E-state index contributed by atoms with van der Waals surface area (Å²) in [6.45, 7) is 10.6. The van der Waals surface area contributed by atoms with Crippen LogP contribution in [0.5, 0.6) is 0 Å². The molecule has 0 saturated carbocycles. The van der Waals surface area contributed by atoms with Gasteiger partial charge in [0.2, 0.25) is 0 Å². The lowest BCUT2D eigenvalue weighted by Crippen LogP contribution is -2.57. The van der Waals surface area contributed by atoms with Gasteiger partial charge in [0.1, 0.15) is 0 Å². The molecule has 1 saturated heterocycles. The van der Waals surface area contributed by atoms with Gasteiger partial charge < -0.3 is 5.32 Å². The van der Waals surface area contributed by atoms with E-state index in [4.69, 9.17) is 0 Å². The van der Waals surface area contributed by atoms with Crippen LogP contribution >= 0.6 is 11.3 Å². The van der Waals surface area contributed by atoms with Crippen LogP contribution in [0, 0.1) is 5.92 Å². The van der Waals surface area contributed by atoms with Crippen molar-refractivity contribution in [1.29, 1.82) is 0 Å². The van der Waals surface area contributed by atoms with Gasteiger partial charge in [-0.2, -0.15) is 0 Å². The van der Waals surface area contributed by atoms with Crippen molar-refractivity contribution in [3.63, 3.8) is 0 Å². The maximum Gasteiger partial charge on any atom is 0.0221 e. The molecule has 1 aliphatic rings. The van der Waals surface area contributed by atoms with Crippen LogP contribution in [0.25, 0.3) is 0 Å². The first-order valence-corrected chi connectivity index (χ1v) is 9.06. The molecule has 2 atom stereocenters. The van der Waals surface area contributed by atoms with Crippen molar-refractivity contribution in [2.75, 3.05) is 19.6 Å². The molecule has 1 aliphatic heterocycles. The van der Waals surface area contributed by atoms with E-state index in [0.29, 0.717) is 6.04 Å². The quantitative estimate of drug-likeness (QED) is 0.823. The van der Waals surface area contributed by atoms with E-state index in [-0.39, 0.29) is 0 Å². The maximum atomic E-state index is 3.77. The Morgan fingerprint density at radius 3 is 2.95 bits per heavy atom. The van der Waals surface area contributed by atoms with Gasteiger partial charge >= 0.3 is 0 Å². The smallest absolute Gasteiger partial charge is 0.0221 e. The van der Waals surface area contributed by atoms with Crippen LogP contribution in [-0.2, 0) is 6.42 Å². The normalized spacial score (nSPS) is 24.4. The van der Waals surface area contributed by atoms with E-state index in [0.717, 1.165) is 12.0 Å². The van der Waals surface area contributed by atoms with E-state index in [9.17, 15) is 0 Å². The number of nitrogens with one attached hydrogen (secondary N) is 1. The van der Waals surface area contributed by atoms with Crippen LogP contribution in [0.1, 0.15) is 44.9 Å². The number of thiophene rings is 1. The first kappa shape index (κ1) is 16.0. The molecule has 2 rings (SSSR count). The summed E-state index contributed by atoms with van der Waals surface area (Å²) < 4.78 is 0. The van der Waals surface area contributed by atoms with Gasteiger partial charge in [-0.15, -0.1) is 11.3 Å². The molecule has 0 spiro atoms. The number of hydrogen-bond acceptors (Lipinski definition) is 3. The highest BCUT2D eigenvalue weighted by Crippen LogP contribution is 2.18. The van der Waals surface area contributed by atoms with E-state index in [2.05, 4.69) is 48.5 Å². The van der Waals surface area contributed by atoms with Gasteiger partial charge in [0.05, 0.1) is 0 Å². The predicted octanol–water partition coefficient (Wildman–Crippen LogP) is 3.78. The van der Waals surface area contributed by atoms with E-state index in [1.54, 1.807) is 0 Å². The fraction of sp³-hybridized carbons (Fsp3) is 0.765. The van der Waals surface area contributed by atoms with E-state index in [1.165, 1.54) is 50.2 Å². The third-order valence-corrected chi connectivity index (χ3v) is 5.15. The molecule has 0 amide bonds. The average Bonchev–Trinajstić information content (AvgIpc) is 2.91. The highest BCUT2D eigenvalue weighted by molar-refractivity contribution is 7.09. The van der Waals surface area contributed by atoms with E-state index in [1.807, 2.05) is 11.3 Å². The van der Waals surface area contributed by atoms with Crippen molar-refractivity contribution in [3.8, 4) is 0 Å². The number of nitrogens with zero attached hydrogens (tertiary/aromatic N) is 1. The predicted molar refractivity (Wildman–Crippen MR) is 89.5 cm³/mol. The van der Waals surface area contributed by atoms with Gasteiger partial charge in [0.15, 0.2) is 0 Å². The lowest BCUT2D eigenvalue weighted by atomic mass is 9.98. The van der Waals surface area contributed by atoms with Crippen LogP contribution in [0.3, 0.4) is 0 Å². The van der Waals surface area contributed by atoms with E-state index >= 15 is 0 Å². The molecule has 1 aromatic rings. The zero-order chi connectivity index (χ0) is 14.4. The Bertz CT molecular complexity index is 361. The van der Waals surface area contributed by atoms with Crippen molar-refractivity contribution in [3.05, 3.63) is 22.4 Å². The molecule has 0 aliphatic carbocycles. The summed E-state index contributed by atoms with van der Waals surface area (Å²) in [7, 11) is 0. The second kappa shape index (κ2) is 8.16. The minimum Gasteiger partial charge on any atom is -0.311 e. The van der Waals surface area contributed by atoms with Crippen LogP contribution in [0.15, 0.2) is 17.5 Å². The first-order chi connectivity index (χ1) is 9.69. The average molecular weight is 295 g/mol. The van der Waals surface area contributed by atoms with Gasteiger partial charge in [-0.1, -0.05) is 33.3 Å². The third-order valence-electron chi connectivity index (χ3n) is 4.22. The molecule has 0 radical (unpaired) electrons. The zero-order valence-corrected chi connectivity index (χ0v) is 14.1. The maximum absolute atomic E-state index is 3.77. The Labute approximate surface area is 128 Å². The lowest BCUT2D eigenvalue weighted by molar-refractivity contribution is 0.116. The van der Waals surface area contributed by atoms with Crippen LogP contribution < -0.4 is 5.32 Å². The second-order valence-electron chi connectivity index (χ2n) is 6.50. The van der Waals surface area contributed by atoms with Gasteiger partial charge in [-0.3, -0.25) is 4.90 Å². The van der Waals surface area contributed by atoms with Crippen LogP contribution in [-0.4, -0.2) is 36.6 Å². The van der Waals surface area contributed by atoms with Crippen LogP contribution in [0.2, 0.25) is 0 Å². The molecule has 1 fully saturated rings. The Hall–Kier alpha value is -0.380. The molecule has 0 aromatic carbocycles. The first-order valence-electron chi connectivity index (χ1n) is 8.18. The largest absolute Gasteiger partial charge is 0.311 e. The number of rotatable bonds is 7. The van der Waals surface area contributed by atoms with Crippen molar-refractivity contribution in [2.24, 2.45) is 5.92 Å². The molecule has 0 bridgehead atoms. The minimum atomic E-state index is 0.687. The molecule has 2 nitrogen and oxygen atoms in total. The van der Waals surface area contributed by atoms with Gasteiger partial charge in [-0.25, -0.2) is 0 Å². The molecule has 3 heteroatoms. The molecule has 1 aromatic heterocycles. The standard InChI is InChI=1S/C17H30N2S/c1-4-6-16-12-18-15(11-14(2)3)13-19(16)9-8-17-7-5-10-20-17/h5,7,10,14-16,18H,4,6,8-9,11-13H2,1-3H3. The Kier molecular flexibility index (Phi) is 6.53. The molecule has 114 valence electrons. The lowest BCUT2D eigenvalue weighted by Gasteiger charge is -2.41. The zero-order valence-electron chi connectivity index (χ0n) is 13.3. The molecule has 2 heterocycles. The topological polar surface area (TPSA) is 15.3 Å². The van der Waals surface area contributed by atoms with Gasteiger partial charge in [0, 0.05) is 36.6 Å². The Balaban J connectivity index is 1.88. The third kappa shape index (κ3) is 4.87. The highest BCUT2D eigenvalue weighted by Gasteiger charge is 2.27. The van der Waals surface area contributed by atoms with Crippen molar-refractivity contribution >= 4 is 11.3 Å². The summed E-state index contributed by atoms with van der Waals surface area (Å²) in [6.07, 6.45) is 5.13. The summed E-state index contributed by atoms with van der Waals surface area (Å²) in [5.41, 5.74) is 0. The molecule has 1 N–H and O–H groups in total.